The SMILES string of the molecule is CC(C)(C)c1cccc(-c2cc(-c3ccccc3)cc(-c3[c-]c(-c4cc(-c5cccc6c7ccccc7n(-c7ccccc7)c56)ccn4)ccc3)n2)c1O.[Pt]. The summed E-state index contributed by atoms with van der Waals surface area (Å²) in [4.78, 5) is 10.0. The molecule has 0 spiro atoms. The Morgan fingerprint density at radius 1 is 0.545 bits per heavy atom. The first-order chi connectivity index (χ1) is 26.3. The van der Waals surface area contributed by atoms with Gasteiger partial charge in [0.05, 0.1) is 16.7 Å². The summed E-state index contributed by atoms with van der Waals surface area (Å²) in [5, 5.41) is 14.0. The molecule has 0 unspecified atom stereocenters. The minimum atomic E-state index is -0.229. The second-order valence-corrected chi connectivity index (χ2v) is 14.7. The Balaban J connectivity index is 0.00000427. The van der Waals surface area contributed by atoms with E-state index in [4.69, 9.17) is 9.97 Å². The van der Waals surface area contributed by atoms with Crippen LogP contribution < -0.4 is 0 Å². The van der Waals surface area contributed by atoms with Gasteiger partial charge in [-0.25, -0.2) is 0 Å². The van der Waals surface area contributed by atoms with Crippen molar-refractivity contribution in [1.82, 2.24) is 14.5 Å². The summed E-state index contributed by atoms with van der Waals surface area (Å²) in [6.45, 7) is 6.33. The first-order valence-corrected chi connectivity index (χ1v) is 18.3. The molecule has 1 N–H and O–H groups in total. The predicted octanol–water partition coefficient (Wildman–Crippen LogP) is 12.7. The van der Waals surface area contributed by atoms with Crippen LogP contribution in [0.1, 0.15) is 26.3 Å². The molecule has 5 heteroatoms. The average molecular weight is 892 g/mol. The fourth-order valence-corrected chi connectivity index (χ4v) is 7.57. The third-order valence-electron chi connectivity index (χ3n) is 10.2. The van der Waals surface area contributed by atoms with Crippen molar-refractivity contribution in [3.05, 3.63) is 182 Å². The first-order valence-electron chi connectivity index (χ1n) is 18.3. The van der Waals surface area contributed by atoms with Crippen LogP contribution in [0.5, 0.6) is 5.75 Å². The third kappa shape index (κ3) is 6.68. The van der Waals surface area contributed by atoms with E-state index in [0.717, 1.165) is 61.5 Å². The van der Waals surface area contributed by atoms with Crippen molar-refractivity contribution in [3.63, 3.8) is 0 Å². The molecule has 4 nitrogen and oxygen atoms in total. The molecule has 0 aliphatic carbocycles. The van der Waals surface area contributed by atoms with Crippen LogP contribution >= 0.6 is 0 Å². The molecule has 9 aromatic rings. The number of fused-ring (bicyclic) bond motifs is 3. The van der Waals surface area contributed by atoms with Gasteiger partial charge in [-0.3, -0.25) is 9.97 Å². The smallest absolute Gasteiger partial charge is 0.128 e. The van der Waals surface area contributed by atoms with E-state index < -0.39 is 0 Å². The summed E-state index contributed by atoms with van der Waals surface area (Å²) in [7, 11) is 0. The zero-order chi connectivity index (χ0) is 36.8. The summed E-state index contributed by atoms with van der Waals surface area (Å²) in [5.41, 5.74) is 13.1. The number of rotatable bonds is 6. The van der Waals surface area contributed by atoms with E-state index in [9.17, 15) is 5.11 Å². The van der Waals surface area contributed by atoms with Gasteiger partial charge in [-0.05, 0) is 64.1 Å². The Bertz CT molecular complexity index is 2820. The van der Waals surface area contributed by atoms with E-state index in [1.807, 2.05) is 54.7 Å². The number of hydrogen-bond acceptors (Lipinski definition) is 3. The van der Waals surface area contributed by atoms with Crippen molar-refractivity contribution < 1.29 is 26.2 Å². The standard InChI is InChI=1S/C50H38N3O.Pt/c1-50(2,3)43-25-14-24-42(49(43)54)46-32-37(33-15-6-4-7-16-33)31-45(52-46)36-18-12-17-35(29-36)44-30-34(27-28-51-44)39-22-13-23-41-40-21-10-11-26-47(40)53(48(39)41)38-19-8-5-9-20-38;/h4-28,30-32,54H,1-3H3;/q-1;. The van der Waals surface area contributed by atoms with Crippen LogP contribution in [0.2, 0.25) is 0 Å². The van der Waals surface area contributed by atoms with E-state index in [0.29, 0.717) is 11.3 Å². The van der Waals surface area contributed by atoms with Crippen LogP contribution in [-0.4, -0.2) is 19.6 Å². The Kier molecular flexibility index (Phi) is 9.55. The largest absolute Gasteiger partial charge is 0.507 e. The second-order valence-electron chi connectivity index (χ2n) is 14.7. The van der Waals surface area contributed by atoms with E-state index in [2.05, 4.69) is 147 Å². The third-order valence-corrected chi connectivity index (χ3v) is 10.2. The molecule has 0 saturated heterocycles. The Morgan fingerprint density at radius 3 is 1.95 bits per heavy atom. The zero-order valence-corrected chi connectivity index (χ0v) is 33.0. The quantitative estimate of drug-likeness (QED) is 0.169. The molecule has 0 atom stereocenters. The van der Waals surface area contributed by atoms with Crippen molar-refractivity contribution >= 4 is 21.8 Å². The first kappa shape index (κ1) is 35.9. The number of phenols is 1. The second kappa shape index (κ2) is 14.6. The van der Waals surface area contributed by atoms with E-state index >= 15 is 0 Å². The molecule has 9 rings (SSSR count). The van der Waals surface area contributed by atoms with Crippen LogP contribution in [0.3, 0.4) is 0 Å². The summed E-state index contributed by atoms with van der Waals surface area (Å²) in [5.74, 6) is 0.258. The van der Waals surface area contributed by atoms with Crippen molar-refractivity contribution in [2.24, 2.45) is 0 Å². The summed E-state index contributed by atoms with van der Waals surface area (Å²) >= 11 is 0. The molecule has 0 fully saturated rings. The number of para-hydroxylation sites is 4. The fraction of sp³-hybridized carbons (Fsp3) is 0.0800. The summed E-state index contributed by atoms with van der Waals surface area (Å²) in [6.07, 6.45) is 1.89. The van der Waals surface area contributed by atoms with Gasteiger partial charge in [0.25, 0.3) is 0 Å². The van der Waals surface area contributed by atoms with Crippen LogP contribution in [0, 0.1) is 6.07 Å². The maximum Gasteiger partial charge on any atom is 0.128 e. The molecule has 0 bridgehead atoms. The van der Waals surface area contributed by atoms with Gasteiger partial charge in [0.1, 0.15) is 5.75 Å². The van der Waals surface area contributed by atoms with Crippen molar-refractivity contribution in [2.45, 2.75) is 26.2 Å². The van der Waals surface area contributed by atoms with Gasteiger partial charge in [0.2, 0.25) is 0 Å². The molecule has 3 heterocycles. The molecule has 0 aliphatic heterocycles. The van der Waals surface area contributed by atoms with Gasteiger partial charge in [-0.2, -0.15) is 0 Å². The number of pyridine rings is 2. The van der Waals surface area contributed by atoms with Crippen LogP contribution in [0.25, 0.3) is 83.5 Å². The number of benzene rings is 6. The van der Waals surface area contributed by atoms with Gasteiger partial charge in [0.15, 0.2) is 0 Å². The maximum atomic E-state index is 11.5. The van der Waals surface area contributed by atoms with Crippen LogP contribution in [0.4, 0.5) is 0 Å². The number of aromatic hydroxyl groups is 1. The van der Waals surface area contributed by atoms with Crippen LogP contribution in [0.15, 0.2) is 170 Å². The van der Waals surface area contributed by atoms with Gasteiger partial charge >= 0.3 is 0 Å². The molecule has 55 heavy (non-hydrogen) atoms. The van der Waals surface area contributed by atoms with E-state index in [1.54, 1.807) is 0 Å². The fourth-order valence-electron chi connectivity index (χ4n) is 7.57. The van der Waals surface area contributed by atoms with Crippen molar-refractivity contribution in [3.8, 4) is 67.5 Å². The van der Waals surface area contributed by atoms with Gasteiger partial charge in [0, 0.05) is 66.2 Å². The molecule has 0 aliphatic rings. The van der Waals surface area contributed by atoms with Gasteiger partial charge in [-0.15, -0.1) is 24.3 Å². The van der Waals surface area contributed by atoms with E-state index in [-0.39, 0.29) is 32.2 Å². The normalized spacial score (nSPS) is 11.5. The minimum absolute atomic E-state index is 0. The molecule has 0 saturated carbocycles. The Hall–Kier alpha value is -6.09. The van der Waals surface area contributed by atoms with Gasteiger partial charge in [-0.1, -0.05) is 141 Å². The average Bonchev–Trinajstić information content (AvgIpc) is 3.56. The molecular formula is C50H38N3OPt-. The summed E-state index contributed by atoms with van der Waals surface area (Å²) in [6, 6.07) is 60.2. The topological polar surface area (TPSA) is 50.9 Å². The van der Waals surface area contributed by atoms with Crippen LogP contribution in [-0.2, 0) is 26.5 Å². The Labute approximate surface area is 336 Å². The minimum Gasteiger partial charge on any atom is -0.507 e. The molecule has 0 radical (unpaired) electrons. The number of phenolic OH excluding ortho intramolecular Hbond substituents is 1. The number of hydrogen-bond donors (Lipinski definition) is 1. The molecule has 0 amide bonds. The molecular weight excluding hydrogens is 854 g/mol. The summed E-state index contributed by atoms with van der Waals surface area (Å²) < 4.78 is 2.37. The monoisotopic (exact) mass is 891 g/mol. The molecule has 6 aromatic carbocycles. The Morgan fingerprint density at radius 2 is 1.16 bits per heavy atom. The van der Waals surface area contributed by atoms with Crippen molar-refractivity contribution in [2.75, 3.05) is 0 Å². The maximum absolute atomic E-state index is 11.5. The predicted molar refractivity (Wildman–Crippen MR) is 223 cm³/mol. The van der Waals surface area contributed by atoms with E-state index in [1.165, 1.54) is 16.3 Å². The number of nitrogens with zero attached hydrogens (tertiary/aromatic N) is 3. The molecule has 3 aromatic heterocycles. The number of aromatic nitrogens is 3. The van der Waals surface area contributed by atoms with Gasteiger partial charge < -0.3 is 9.67 Å². The zero-order valence-electron chi connectivity index (χ0n) is 30.8. The molecule has 270 valence electrons. The van der Waals surface area contributed by atoms with Crippen molar-refractivity contribution in [1.29, 1.82) is 0 Å².